The van der Waals surface area contributed by atoms with Gasteiger partial charge in [0.05, 0.1) is 6.04 Å². The number of hydrogen-bond donors (Lipinski definition) is 1. The number of rotatable bonds is 4. The topological polar surface area (TPSA) is 38.3 Å². The van der Waals surface area contributed by atoms with Crippen molar-refractivity contribution in [1.82, 2.24) is 0 Å². The Kier molecular flexibility index (Phi) is 5.61. The van der Waals surface area contributed by atoms with E-state index in [1.165, 1.54) is 10.8 Å². The molecular formula is C32H28ClNO2. The van der Waals surface area contributed by atoms with Gasteiger partial charge in [-0.1, -0.05) is 86.1 Å². The predicted molar refractivity (Wildman–Crippen MR) is 147 cm³/mol. The van der Waals surface area contributed by atoms with Gasteiger partial charge in [0.2, 0.25) is 0 Å². The lowest BCUT2D eigenvalue weighted by Crippen LogP contribution is -2.33. The molecule has 3 nitrogen and oxygen atoms in total. The van der Waals surface area contributed by atoms with Gasteiger partial charge in [0.25, 0.3) is 0 Å². The van der Waals surface area contributed by atoms with E-state index in [0.29, 0.717) is 18.1 Å². The fourth-order valence-electron chi connectivity index (χ4n) is 5.71. The second-order valence-corrected chi connectivity index (χ2v) is 11.0. The fraction of sp³-hybridized carbons (Fsp3) is 0.219. The molecule has 0 unspecified atom stereocenters. The molecule has 0 bridgehead atoms. The summed E-state index contributed by atoms with van der Waals surface area (Å²) >= 11 is 6.18. The molecule has 0 spiro atoms. The van der Waals surface area contributed by atoms with Gasteiger partial charge < -0.3 is 10.1 Å². The van der Waals surface area contributed by atoms with Crippen LogP contribution in [0.15, 0.2) is 90.5 Å². The minimum atomic E-state index is -0.271. The number of carbonyl (C=O) groups is 1. The van der Waals surface area contributed by atoms with Crippen LogP contribution < -0.4 is 10.1 Å². The van der Waals surface area contributed by atoms with Gasteiger partial charge in [-0.15, -0.1) is 0 Å². The Morgan fingerprint density at radius 1 is 0.944 bits per heavy atom. The van der Waals surface area contributed by atoms with Crippen molar-refractivity contribution >= 4 is 39.4 Å². The van der Waals surface area contributed by atoms with E-state index < -0.39 is 0 Å². The molecule has 1 N–H and O–H groups in total. The second kappa shape index (κ2) is 8.83. The first-order valence-electron chi connectivity index (χ1n) is 12.4. The molecule has 0 saturated carbocycles. The summed E-state index contributed by atoms with van der Waals surface area (Å²) in [5, 5.41) is 6.79. The number of Topliss-reactive ketones (excluding diaryl/α,β-unsaturated/α-hetero) is 1. The van der Waals surface area contributed by atoms with Gasteiger partial charge >= 0.3 is 0 Å². The number of ketones is 1. The van der Waals surface area contributed by atoms with Gasteiger partial charge in [-0.2, -0.15) is 0 Å². The average Bonchev–Trinajstić information content (AvgIpc) is 2.86. The van der Waals surface area contributed by atoms with Gasteiger partial charge in [-0.05, 0) is 58.0 Å². The number of ether oxygens (including phenoxy) is 1. The highest BCUT2D eigenvalue weighted by atomic mass is 35.5. The summed E-state index contributed by atoms with van der Waals surface area (Å²) in [4.78, 5) is 13.7. The summed E-state index contributed by atoms with van der Waals surface area (Å²) in [6.45, 7) is 4.79. The Bertz CT molecular complexity index is 1530. The molecule has 1 atom stereocenters. The van der Waals surface area contributed by atoms with Crippen molar-refractivity contribution < 1.29 is 9.53 Å². The molecule has 0 aromatic heterocycles. The molecule has 180 valence electrons. The number of anilines is 1. The monoisotopic (exact) mass is 493 g/mol. The van der Waals surface area contributed by atoms with Crippen LogP contribution in [0.4, 0.5) is 5.69 Å². The van der Waals surface area contributed by atoms with Crippen LogP contribution in [0.25, 0.3) is 16.3 Å². The summed E-state index contributed by atoms with van der Waals surface area (Å²) < 4.78 is 6.31. The van der Waals surface area contributed by atoms with Crippen LogP contribution in [0.5, 0.6) is 5.75 Å². The Labute approximate surface area is 216 Å². The zero-order valence-corrected chi connectivity index (χ0v) is 21.2. The molecule has 0 fully saturated rings. The average molecular weight is 494 g/mol. The molecule has 4 heteroatoms. The van der Waals surface area contributed by atoms with Crippen LogP contribution in [0.2, 0.25) is 5.02 Å². The highest BCUT2D eigenvalue weighted by Gasteiger charge is 2.41. The second-order valence-electron chi connectivity index (χ2n) is 10.6. The van der Waals surface area contributed by atoms with E-state index in [9.17, 15) is 4.79 Å². The molecule has 1 aliphatic carbocycles. The summed E-state index contributed by atoms with van der Waals surface area (Å²) in [6.07, 6.45) is 1.40. The van der Waals surface area contributed by atoms with Crippen LogP contribution in [0.1, 0.15) is 49.4 Å². The number of hydrogen-bond acceptors (Lipinski definition) is 3. The van der Waals surface area contributed by atoms with E-state index in [2.05, 4.69) is 61.6 Å². The van der Waals surface area contributed by atoms with Crippen LogP contribution in [-0.4, -0.2) is 5.78 Å². The third-order valence-electron chi connectivity index (χ3n) is 7.25. The maximum Gasteiger partial charge on any atom is 0.162 e. The molecule has 0 saturated heterocycles. The number of benzene rings is 4. The van der Waals surface area contributed by atoms with Crippen molar-refractivity contribution in [2.45, 2.75) is 39.3 Å². The highest BCUT2D eigenvalue weighted by Crippen LogP contribution is 2.52. The fourth-order valence-corrected chi connectivity index (χ4v) is 5.92. The molecule has 36 heavy (non-hydrogen) atoms. The number of nitrogens with one attached hydrogen (secondary N) is 1. The van der Waals surface area contributed by atoms with E-state index in [1.807, 2.05) is 42.5 Å². The molecule has 1 heterocycles. The van der Waals surface area contributed by atoms with Crippen LogP contribution in [0, 0.1) is 5.41 Å². The lowest BCUT2D eigenvalue weighted by Gasteiger charge is -2.40. The van der Waals surface area contributed by atoms with E-state index in [4.69, 9.17) is 16.3 Å². The zero-order valence-electron chi connectivity index (χ0n) is 20.5. The van der Waals surface area contributed by atoms with Crippen LogP contribution >= 0.6 is 11.6 Å². The van der Waals surface area contributed by atoms with Gasteiger partial charge in [0.1, 0.15) is 12.4 Å². The van der Waals surface area contributed by atoms with Crippen molar-refractivity contribution in [3.05, 3.63) is 112 Å². The Balaban J connectivity index is 1.48. The Morgan fingerprint density at radius 3 is 2.61 bits per heavy atom. The summed E-state index contributed by atoms with van der Waals surface area (Å²) in [7, 11) is 0. The predicted octanol–water partition coefficient (Wildman–Crippen LogP) is 8.38. The molecule has 6 rings (SSSR count). The van der Waals surface area contributed by atoms with Crippen molar-refractivity contribution in [1.29, 1.82) is 0 Å². The normalized spacial score (nSPS) is 18.4. The highest BCUT2D eigenvalue weighted by molar-refractivity contribution is 6.30. The van der Waals surface area contributed by atoms with E-state index in [-0.39, 0.29) is 17.2 Å². The van der Waals surface area contributed by atoms with Crippen molar-refractivity contribution in [3.8, 4) is 5.75 Å². The lowest BCUT2D eigenvalue weighted by molar-refractivity contribution is -0.118. The number of halogens is 1. The Hall–Kier alpha value is -3.56. The van der Waals surface area contributed by atoms with Crippen LogP contribution in [-0.2, 0) is 11.4 Å². The standard InChI is InChI=1S/C32H28ClNO2/c1-32(2)17-25-29-23-11-4-3-9-21(23)14-15-26(29)34-31(30(25)27(35)18-32)24-12-5-6-13-28(24)36-19-20-8-7-10-22(33)16-20/h3-16,31,34H,17-19H2,1-2H3/t31-/m0/s1. The van der Waals surface area contributed by atoms with E-state index >= 15 is 0 Å². The molecule has 4 aromatic rings. The lowest BCUT2D eigenvalue weighted by atomic mass is 9.68. The van der Waals surface area contributed by atoms with E-state index in [1.54, 1.807) is 0 Å². The van der Waals surface area contributed by atoms with Gasteiger partial charge in [-0.3, -0.25) is 4.79 Å². The number of fused-ring (bicyclic) bond motifs is 4. The SMILES string of the molecule is CC1(C)CC(=O)C2=C(C1)c1c(ccc3ccccc13)N[C@H]2c1ccccc1OCc1cccc(Cl)c1. The quantitative estimate of drug-likeness (QED) is 0.310. The number of allylic oxidation sites excluding steroid dienone is 1. The van der Waals surface area contributed by atoms with Gasteiger partial charge in [0, 0.05) is 33.8 Å². The number of para-hydroxylation sites is 1. The maximum absolute atomic E-state index is 13.7. The first-order chi connectivity index (χ1) is 17.4. The molecule has 0 radical (unpaired) electrons. The maximum atomic E-state index is 13.7. The molecule has 2 aliphatic rings. The molecule has 0 amide bonds. The van der Waals surface area contributed by atoms with E-state index in [0.717, 1.165) is 45.7 Å². The van der Waals surface area contributed by atoms with Crippen LogP contribution in [0.3, 0.4) is 0 Å². The summed E-state index contributed by atoms with van der Waals surface area (Å²) in [5.74, 6) is 0.977. The minimum Gasteiger partial charge on any atom is -0.489 e. The van der Waals surface area contributed by atoms with Crippen molar-refractivity contribution in [3.63, 3.8) is 0 Å². The van der Waals surface area contributed by atoms with Crippen molar-refractivity contribution in [2.75, 3.05) is 5.32 Å². The number of carbonyl (C=O) groups excluding carboxylic acids is 1. The first kappa shape index (κ1) is 22.9. The third kappa shape index (κ3) is 4.08. The minimum absolute atomic E-state index is 0.0887. The summed E-state index contributed by atoms with van der Waals surface area (Å²) in [6, 6.07) is 28.2. The van der Waals surface area contributed by atoms with Gasteiger partial charge in [0.15, 0.2) is 5.78 Å². The van der Waals surface area contributed by atoms with Crippen molar-refractivity contribution in [2.24, 2.45) is 5.41 Å². The Morgan fingerprint density at radius 2 is 1.75 bits per heavy atom. The first-order valence-corrected chi connectivity index (χ1v) is 12.8. The molecule has 1 aliphatic heterocycles. The smallest absolute Gasteiger partial charge is 0.162 e. The zero-order chi connectivity index (χ0) is 24.9. The molecule has 4 aromatic carbocycles. The molecular weight excluding hydrogens is 466 g/mol. The summed E-state index contributed by atoms with van der Waals surface area (Å²) in [5.41, 5.74) is 6.15. The largest absolute Gasteiger partial charge is 0.489 e. The van der Waals surface area contributed by atoms with Gasteiger partial charge in [-0.25, -0.2) is 0 Å². The third-order valence-corrected chi connectivity index (χ3v) is 7.49.